The van der Waals surface area contributed by atoms with Crippen LogP contribution in [0.15, 0.2) is 0 Å². The molecule has 0 saturated carbocycles. The summed E-state index contributed by atoms with van der Waals surface area (Å²) in [5, 5.41) is 0. The Morgan fingerprint density at radius 3 is 2.06 bits per heavy atom. The molecule has 0 aromatic carbocycles. The van der Waals surface area contributed by atoms with Crippen LogP contribution in [0, 0.1) is 0 Å². The van der Waals surface area contributed by atoms with Crippen LogP contribution in [0.1, 0.15) is 26.2 Å². The van der Waals surface area contributed by atoms with E-state index in [9.17, 15) is 14.4 Å². The monoisotopic (exact) mass is 245 g/mol. The van der Waals surface area contributed by atoms with Crippen LogP contribution in [0.5, 0.6) is 0 Å². The molecule has 0 heterocycles. The van der Waals surface area contributed by atoms with Crippen molar-refractivity contribution in [3.8, 4) is 0 Å². The van der Waals surface area contributed by atoms with E-state index in [1.54, 1.807) is 0 Å². The number of rotatable bonds is 7. The van der Waals surface area contributed by atoms with Crippen molar-refractivity contribution in [2.45, 2.75) is 26.2 Å². The first-order valence-electron chi connectivity index (χ1n) is 5.46. The van der Waals surface area contributed by atoms with E-state index >= 15 is 0 Å². The van der Waals surface area contributed by atoms with Gasteiger partial charge in [-0.1, -0.05) is 6.92 Å². The summed E-state index contributed by atoms with van der Waals surface area (Å²) in [4.78, 5) is 35.1. The predicted molar refractivity (Wildman–Crippen MR) is 60.1 cm³/mol. The second-order valence-electron chi connectivity index (χ2n) is 3.47. The Balaban J connectivity index is 4.34. The van der Waals surface area contributed by atoms with Crippen LogP contribution in [0.25, 0.3) is 0 Å². The molecule has 17 heavy (non-hydrogen) atoms. The quantitative estimate of drug-likeness (QED) is 0.605. The van der Waals surface area contributed by atoms with E-state index in [4.69, 9.17) is 0 Å². The van der Waals surface area contributed by atoms with Gasteiger partial charge in [-0.15, -0.1) is 0 Å². The number of ether oxygens (including phenoxy) is 2. The SMILES string of the molecule is CCCC(=O)N(CCC(=O)OC)CC(=O)OC. The molecule has 0 aliphatic carbocycles. The van der Waals surface area contributed by atoms with E-state index in [-0.39, 0.29) is 25.4 Å². The lowest BCUT2D eigenvalue weighted by Crippen LogP contribution is -2.37. The number of amides is 1. The van der Waals surface area contributed by atoms with Crippen molar-refractivity contribution < 1.29 is 23.9 Å². The third kappa shape index (κ3) is 6.55. The van der Waals surface area contributed by atoms with Crippen molar-refractivity contribution in [2.75, 3.05) is 27.3 Å². The first kappa shape index (κ1) is 15.4. The number of methoxy groups -OCH3 is 2. The van der Waals surface area contributed by atoms with Gasteiger partial charge in [-0.25, -0.2) is 0 Å². The maximum absolute atomic E-state index is 11.7. The molecular formula is C11H19NO5. The molecule has 0 N–H and O–H groups in total. The number of carbonyl (C=O) groups excluding carboxylic acids is 3. The van der Waals surface area contributed by atoms with Crippen LogP contribution in [0.3, 0.4) is 0 Å². The summed E-state index contributed by atoms with van der Waals surface area (Å²) in [5.41, 5.74) is 0. The zero-order valence-electron chi connectivity index (χ0n) is 10.5. The van der Waals surface area contributed by atoms with E-state index in [2.05, 4.69) is 9.47 Å². The van der Waals surface area contributed by atoms with Crippen LogP contribution < -0.4 is 0 Å². The van der Waals surface area contributed by atoms with Gasteiger partial charge >= 0.3 is 11.9 Å². The number of esters is 2. The second kappa shape index (κ2) is 8.55. The van der Waals surface area contributed by atoms with Crippen molar-refractivity contribution in [3.05, 3.63) is 0 Å². The van der Waals surface area contributed by atoms with Gasteiger partial charge < -0.3 is 14.4 Å². The first-order chi connectivity index (χ1) is 8.04. The minimum atomic E-state index is -0.501. The lowest BCUT2D eigenvalue weighted by Gasteiger charge is -2.20. The summed E-state index contributed by atoms with van der Waals surface area (Å²) >= 11 is 0. The molecule has 1 amide bonds. The van der Waals surface area contributed by atoms with Crippen LogP contribution >= 0.6 is 0 Å². The highest BCUT2D eigenvalue weighted by Crippen LogP contribution is 2.00. The van der Waals surface area contributed by atoms with Gasteiger partial charge in [0.25, 0.3) is 0 Å². The molecule has 0 aromatic heterocycles. The number of hydrogen-bond acceptors (Lipinski definition) is 5. The molecule has 0 bridgehead atoms. The van der Waals surface area contributed by atoms with Crippen molar-refractivity contribution in [1.82, 2.24) is 4.90 Å². The maximum Gasteiger partial charge on any atom is 0.325 e. The Kier molecular flexibility index (Phi) is 7.75. The molecule has 6 heteroatoms. The topological polar surface area (TPSA) is 72.9 Å². The van der Waals surface area contributed by atoms with Crippen LogP contribution in [-0.4, -0.2) is 50.1 Å². The Morgan fingerprint density at radius 1 is 1.00 bits per heavy atom. The van der Waals surface area contributed by atoms with Gasteiger partial charge in [-0.3, -0.25) is 14.4 Å². The number of hydrogen-bond donors (Lipinski definition) is 0. The van der Waals surface area contributed by atoms with Crippen molar-refractivity contribution in [3.63, 3.8) is 0 Å². The largest absolute Gasteiger partial charge is 0.469 e. The fourth-order valence-corrected chi connectivity index (χ4v) is 1.21. The molecular weight excluding hydrogens is 226 g/mol. The van der Waals surface area contributed by atoms with Crippen LogP contribution in [0.4, 0.5) is 0 Å². The minimum absolute atomic E-state index is 0.0724. The average molecular weight is 245 g/mol. The highest BCUT2D eigenvalue weighted by Gasteiger charge is 2.17. The molecule has 0 radical (unpaired) electrons. The first-order valence-corrected chi connectivity index (χ1v) is 5.46. The van der Waals surface area contributed by atoms with E-state index in [1.165, 1.54) is 19.1 Å². The Morgan fingerprint density at radius 2 is 1.59 bits per heavy atom. The van der Waals surface area contributed by atoms with Crippen LogP contribution in [-0.2, 0) is 23.9 Å². The van der Waals surface area contributed by atoms with Crippen molar-refractivity contribution in [1.29, 1.82) is 0 Å². The Hall–Kier alpha value is -1.59. The third-order valence-electron chi connectivity index (χ3n) is 2.18. The normalized spacial score (nSPS) is 9.59. The summed E-state index contributed by atoms with van der Waals surface area (Å²) < 4.78 is 8.97. The lowest BCUT2D eigenvalue weighted by molar-refractivity contribution is -0.148. The Bertz CT molecular complexity index is 277. The smallest absolute Gasteiger partial charge is 0.325 e. The standard InChI is InChI=1S/C11H19NO5/c1-4-5-9(13)12(8-11(15)17-3)7-6-10(14)16-2/h4-8H2,1-3H3. The molecule has 0 saturated heterocycles. The van der Waals surface area contributed by atoms with Gasteiger partial charge in [-0.05, 0) is 6.42 Å². The van der Waals surface area contributed by atoms with Crippen LogP contribution in [0.2, 0.25) is 0 Å². The van der Waals surface area contributed by atoms with Gasteiger partial charge in [0.2, 0.25) is 5.91 Å². The lowest BCUT2D eigenvalue weighted by atomic mass is 10.2. The number of nitrogens with zero attached hydrogens (tertiary/aromatic N) is 1. The van der Waals surface area contributed by atoms with Gasteiger partial charge in [0, 0.05) is 13.0 Å². The summed E-state index contributed by atoms with van der Waals surface area (Å²) in [6, 6.07) is 0. The second-order valence-corrected chi connectivity index (χ2v) is 3.47. The third-order valence-corrected chi connectivity index (χ3v) is 2.18. The molecule has 0 aliphatic rings. The van der Waals surface area contributed by atoms with Gasteiger partial charge in [0.05, 0.1) is 20.6 Å². The average Bonchev–Trinajstić information content (AvgIpc) is 2.33. The van der Waals surface area contributed by atoms with E-state index in [1.807, 2.05) is 6.92 Å². The molecule has 0 aliphatic heterocycles. The molecule has 0 spiro atoms. The minimum Gasteiger partial charge on any atom is -0.469 e. The maximum atomic E-state index is 11.7. The van der Waals surface area contributed by atoms with Gasteiger partial charge in [-0.2, -0.15) is 0 Å². The zero-order valence-corrected chi connectivity index (χ0v) is 10.5. The van der Waals surface area contributed by atoms with Crippen molar-refractivity contribution >= 4 is 17.8 Å². The van der Waals surface area contributed by atoms with E-state index in [0.29, 0.717) is 12.8 Å². The number of carbonyl (C=O) groups is 3. The molecule has 0 rings (SSSR count). The van der Waals surface area contributed by atoms with Gasteiger partial charge in [0.1, 0.15) is 6.54 Å². The fraction of sp³-hybridized carbons (Fsp3) is 0.727. The predicted octanol–water partition coefficient (Wildman–Crippen LogP) is 0.351. The summed E-state index contributed by atoms with van der Waals surface area (Å²) in [6.07, 6.45) is 1.11. The molecule has 0 unspecified atom stereocenters. The molecule has 0 fully saturated rings. The zero-order chi connectivity index (χ0) is 13.3. The highest BCUT2D eigenvalue weighted by molar-refractivity contribution is 5.82. The van der Waals surface area contributed by atoms with E-state index < -0.39 is 11.9 Å². The highest BCUT2D eigenvalue weighted by atomic mass is 16.5. The van der Waals surface area contributed by atoms with E-state index in [0.717, 1.165) is 0 Å². The molecule has 6 nitrogen and oxygen atoms in total. The Labute approximate surface area is 101 Å². The molecule has 98 valence electrons. The van der Waals surface area contributed by atoms with Crippen molar-refractivity contribution in [2.24, 2.45) is 0 Å². The molecule has 0 atom stereocenters. The summed E-state index contributed by atoms with van der Waals surface area (Å²) in [5.74, 6) is -1.08. The molecule has 0 aromatic rings. The summed E-state index contributed by atoms with van der Waals surface area (Å²) in [6.45, 7) is 1.90. The van der Waals surface area contributed by atoms with Gasteiger partial charge in [0.15, 0.2) is 0 Å². The summed E-state index contributed by atoms with van der Waals surface area (Å²) in [7, 11) is 2.53. The fourth-order valence-electron chi connectivity index (χ4n) is 1.21.